The molecule has 2 amide bonds. The molecule has 1 heterocycles. The number of nitrogens with one attached hydrogen (secondary N) is 2. The highest BCUT2D eigenvalue weighted by molar-refractivity contribution is 9.11. The Morgan fingerprint density at radius 2 is 1.87 bits per heavy atom. The van der Waals surface area contributed by atoms with Crippen LogP contribution in [0.15, 0.2) is 65.4 Å². The molecule has 2 N–H and O–H groups in total. The zero-order chi connectivity index (χ0) is 21.0. The number of amides is 2. The number of allylic oxidation sites excluding steroid dienone is 3. The molecule has 2 aromatic rings. The summed E-state index contributed by atoms with van der Waals surface area (Å²) >= 11 is 3.54. The molecule has 1 aromatic heterocycles. The predicted octanol–water partition coefficient (Wildman–Crippen LogP) is 3.39. The molecule has 2 aliphatic carbocycles. The number of carbonyl (C=O) groups excluding carboxylic acids is 2. The lowest BCUT2D eigenvalue weighted by Gasteiger charge is -2.17. The van der Waals surface area contributed by atoms with E-state index in [2.05, 4.69) is 42.6 Å². The fraction of sp³-hybridized carbons (Fsp3) is 0.273. The molecule has 0 radical (unpaired) electrons. The molecular weight excluding hydrogens is 448 g/mol. The molecule has 4 rings (SSSR count). The molecule has 0 saturated heterocycles. The Hall–Kier alpha value is -3.00. The van der Waals surface area contributed by atoms with Gasteiger partial charge in [-0.1, -0.05) is 34.1 Å². The van der Waals surface area contributed by atoms with Crippen molar-refractivity contribution >= 4 is 27.7 Å². The molecule has 8 heteroatoms. The number of hydrogen-bond donors (Lipinski definition) is 2. The number of halogens is 1. The van der Waals surface area contributed by atoms with Crippen LogP contribution in [0.2, 0.25) is 0 Å². The number of rotatable bonds is 7. The standard InChI is InChI=1S/C22H21BrN4O3/c23-18-3-1-2-4-19(18)30-17-7-5-15(6-8-17)11-26-21(29)22(9-10-22)27-20(28)16-12-24-14-25-13-16/h2,4-8,12-14H,1,3,9-11H2,(H,26,29)(H,27,28). The monoisotopic (exact) mass is 468 g/mol. The van der Waals surface area contributed by atoms with Crippen LogP contribution in [0.3, 0.4) is 0 Å². The highest BCUT2D eigenvalue weighted by Gasteiger charge is 2.51. The second-order valence-corrected chi connectivity index (χ2v) is 8.26. The van der Waals surface area contributed by atoms with Gasteiger partial charge in [-0.3, -0.25) is 9.59 Å². The minimum Gasteiger partial charge on any atom is -0.457 e. The first-order chi connectivity index (χ1) is 14.6. The first kappa shape index (κ1) is 20.3. The van der Waals surface area contributed by atoms with E-state index in [0.717, 1.165) is 34.4 Å². The van der Waals surface area contributed by atoms with Crippen molar-refractivity contribution < 1.29 is 14.3 Å². The van der Waals surface area contributed by atoms with Gasteiger partial charge in [-0.2, -0.15) is 0 Å². The van der Waals surface area contributed by atoms with Crippen LogP contribution in [0.5, 0.6) is 5.75 Å². The molecule has 1 aromatic carbocycles. The van der Waals surface area contributed by atoms with Crippen molar-refractivity contribution in [2.24, 2.45) is 0 Å². The summed E-state index contributed by atoms with van der Waals surface area (Å²) in [6, 6.07) is 7.58. The van der Waals surface area contributed by atoms with E-state index in [1.807, 2.05) is 30.3 Å². The van der Waals surface area contributed by atoms with Crippen molar-refractivity contribution in [2.45, 2.75) is 37.8 Å². The molecule has 154 valence electrons. The normalized spacial score (nSPS) is 16.7. The Labute approximate surface area is 182 Å². The van der Waals surface area contributed by atoms with Crippen molar-refractivity contribution in [1.29, 1.82) is 0 Å². The van der Waals surface area contributed by atoms with Crippen LogP contribution in [0, 0.1) is 0 Å². The molecule has 30 heavy (non-hydrogen) atoms. The van der Waals surface area contributed by atoms with E-state index >= 15 is 0 Å². The third kappa shape index (κ3) is 4.76. The smallest absolute Gasteiger partial charge is 0.255 e. The molecule has 0 spiro atoms. The predicted molar refractivity (Wildman–Crippen MR) is 115 cm³/mol. The quantitative estimate of drug-likeness (QED) is 0.649. The van der Waals surface area contributed by atoms with Crippen LogP contribution in [-0.2, 0) is 11.3 Å². The van der Waals surface area contributed by atoms with Crippen LogP contribution >= 0.6 is 15.9 Å². The van der Waals surface area contributed by atoms with Gasteiger partial charge in [0, 0.05) is 23.4 Å². The Morgan fingerprint density at radius 3 is 2.53 bits per heavy atom. The van der Waals surface area contributed by atoms with Gasteiger partial charge in [0.2, 0.25) is 5.91 Å². The van der Waals surface area contributed by atoms with E-state index in [1.54, 1.807) is 0 Å². The topological polar surface area (TPSA) is 93.2 Å². The Morgan fingerprint density at radius 1 is 1.13 bits per heavy atom. The SMILES string of the molecule is O=C(NC1(C(=O)NCc2ccc(OC3=C(Br)CCC=C3)cc2)CC1)c1cncnc1. The fourth-order valence-corrected chi connectivity index (χ4v) is 3.54. The number of ether oxygens (including phenoxy) is 1. The zero-order valence-electron chi connectivity index (χ0n) is 16.2. The van der Waals surface area contributed by atoms with Gasteiger partial charge in [0.15, 0.2) is 0 Å². The van der Waals surface area contributed by atoms with E-state index in [4.69, 9.17) is 4.74 Å². The molecule has 1 fully saturated rings. The van der Waals surface area contributed by atoms with Crippen LogP contribution in [-0.4, -0.2) is 27.3 Å². The molecule has 0 unspecified atom stereocenters. The molecule has 0 atom stereocenters. The van der Waals surface area contributed by atoms with Crippen LogP contribution in [0.1, 0.15) is 41.6 Å². The highest BCUT2D eigenvalue weighted by atomic mass is 79.9. The summed E-state index contributed by atoms with van der Waals surface area (Å²) in [6.07, 6.45) is 11.4. The number of hydrogen-bond acceptors (Lipinski definition) is 5. The Balaban J connectivity index is 1.30. The van der Waals surface area contributed by atoms with Gasteiger partial charge in [0.05, 0.1) is 5.56 Å². The van der Waals surface area contributed by atoms with Crippen LogP contribution in [0.4, 0.5) is 0 Å². The summed E-state index contributed by atoms with van der Waals surface area (Å²) in [5, 5.41) is 5.72. The van der Waals surface area contributed by atoms with E-state index in [9.17, 15) is 9.59 Å². The van der Waals surface area contributed by atoms with Crippen molar-refractivity contribution in [3.63, 3.8) is 0 Å². The second kappa shape index (κ2) is 8.79. The van der Waals surface area contributed by atoms with E-state index in [1.165, 1.54) is 18.7 Å². The van der Waals surface area contributed by atoms with Crippen molar-refractivity contribution in [1.82, 2.24) is 20.6 Å². The second-order valence-electron chi connectivity index (χ2n) is 7.30. The average Bonchev–Trinajstić information content (AvgIpc) is 3.56. The molecular formula is C22H21BrN4O3. The molecule has 7 nitrogen and oxygen atoms in total. The summed E-state index contributed by atoms with van der Waals surface area (Å²) in [4.78, 5) is 32.6. The number of carbonyl (C=O) groups is 2. The summed E-state index contributed by atoms with van der Waals surface area (Å²) in [6.45, 7) is 0.372. The fourth-order valence-electron chi connectivity index (χ4n) is 3.10. The van der Waals surface area contributed by atoms with Crippen molar-refractivity contribution in [2.75, 3.05) is 0 Å². The van der Waals surface area contributed by atoms with E-state index in [-0.39, 0.29) is 11.8 Å². The first-order valence-electron chi connectivity index (χ1n) is 9.74. The Kier molecular flexibility index (Phi) is 5.94. The minimum atomic E-state index is -0.845. The van der Waals surface area contributed by atoms with Gasteiger partial charge in [0.1, 0.15) is 23.4 Å². The maximum Gasteiger partial charge on any atom is 0.255 e. The van der Waals surface area contributed by atoms with Crippen molar-refractivity contribution in [3.8, 4) is 5.75 Å². The van der Waals surface area contributed by atoms with Gasteiger partial charge in [-0.05, 0) is 49.5 Å². The van der Waals surface area contributed by atoms with Gasteiger partial charge in [-0.25, -0.2) is 9.97 Å². The average molecular weight is 469 g/mol. The lowest BCUT2D eigenvalue weighted by Crippen LogP contribution is -2.48. The number of nitrogens with zero attached hydrogens (tertiary/aromatic N) is 2. The third-order valence-corrected chi connectivity index (χ3v) is 5.82. The zero-order valence-corrected chi connectivity index (χ0v) is 17.8. The molecule has 0 bridgehead atoms. The lowest BCUT2D eigenvalue weighted by atomic mass is 10.1. The lowest BCUT2D eigenvalue weighted by molar-refractivity contribution is -0.124. The Bertz CT molecular complexity index is 999. The van der Waals surface area contributed by atoms with Gasteiger partial charge in [0.25, 0.3) is 5.91 Å². The van der Waals surface area contributed by atoms with E-state index in [0.29, 0.717) is 24.9 Å². The van der Waals surface area contributed by atoms with E-state index < -0.39 is 5.54 Å². The van der Waals surface area contributed by atoms with Crippen LogP contribution < -0.4 is 15.4 Å². The molecule has 2 aliphatic rings. The summed E-state index contributed by atoms with van der Waals surface area (Å²) in [7, 11) is 0. The number of benzene rings is 1. The summed E-state index contributed by atoms with van der Waals surface area (Å²) in [5.41, 5.74) is 0.436. The van der Waals surface area contributed by atoms with Gasteiger partial charge in [-0.15, -0.1) is 0 Å². The third-order valence-electron chi connectivity index (χ3n) is 5.03. The molecule has 0 aliphatic heterocycles. The van der Waals surface area contributed by atoms with Crippen LogP contribution in [0.25, 0.3) is 0 Å². The van der Waals surface area contributed by atoms with Gasteiger partial charge < -0.3 is 15.4 Å². The first-order valence-corrected chi connectivity index (χ1v) is 10.5. The maximum atomic E-state index is 12.6. The van der Waals surface area contributed by atoms with Crippen molar-refractivity contribution in [3.05, 3.63) is 76.5 Å². The minimum absolute atomic E-state index is 0.186. The molecule has 1 saturated carbocycles. The van der Waals surface area contributed by atoms with Gasteiger partial charge >= 0.3 is 0 Å². The largest absolute Gasteiger partial charge is 0.457 e. The number of aromatic nitrogens is 2. The maximum absolute atomic E-state index is 12.6. The highest BCUT2D eigenvalue weighted by Crippen LogP contribution is 2.36. The summed E-state index contributed by atoms with van der Waals surface area (Å²) < 4.78 is 6.95. The summed E-state index contributed by atoms with van der Waals surface area (Å²) in [5.74, 6) is 1.02.